The second-order valence-corrected chi connectivity index (χ2v) is 7.79. The van der Waals surface area contributed by atoms with Crippen LogP contribution >= 0.6 is 36.4 Å². The van der Waals surface area contributed by atoms with E-state index in [4.69, 9.17) is 16.3 Å². The number of aliphatic hydroxyl groups is 2. The molecule has 1 saturated heterocycles. The van der Waals surface area contributed by atoms with Gasteiger partial charge in [-0.05, 0) is 36.7 Å². The third-order valence-corrected chi connectivity index (χ3v) is 5.55. The van der Waals surface area contributed by atoms with Crippen LogP contribution in [-0.4, -0.2) is 66.2 Å². The van der Waals surface area contributed by atoms with Crippen molar-refractivity contribution in [2.45, 2.75) is 37.3 Å². The molecule has 8 heteroatoms. The van der Waals surface area contributed by atoms with Crippen molar-refractivity contribution in [2.24, 2.45) is 0 Å². The Morgan fingerprint density at radius 2 is 1.73 bits per heavy atom. The highest BCUT2D eigenvalue weighted by Crippen LogP contribution is 2.25. The molecule has 5 nitrogen and oxygen atoms in total. The first-order chi connectivity index (χ1) is 13.6. The second-order valence-electron chi connectivity index (χ2n) is 7.35. The summed E-state index contributed by atoms with van der Waals surface area (Å²) >= 11 is 6.04. The molecule has 0 radical (unpaired) electrons. The van der Waals surface area contributed by atoms with Gasteiger partial charge in [-0.15, -0.1) is 24.8 Å². The fraction of sp³-hybridized carbons (Fsp3) is 0.455. The molecule has 1 fully saturated rings. The SMILES string of the molecule is CN(CCc1ccccc1)[C@@H]1[C@H](O)[C@H](CO)O[C@@H]1CNCc1cccc(Cl)c1.Cl.Cl. The van der Waals surface area contributed by atoms with E-state index in [1.54, 1.807) is 0 Å². The summed E-state index contributed by atoms with van der Waals surface area (Å²) in [4.78, 5) is 2.14. The van der Waals surface area contributed by atoms with Gasteiger partial charge in [-0.2, -0.15) is 0 Å². The van der Waals surface area contributed by atoms with E-state index in [0.29, 0.717) is 18.1 Å². The van der Waals surface area contributed by atoms with E-state index in [2.05, 4.69) is 22.3 Å². The lowest BCUT2D eigenvalue weighted by molar-refractivity contribution is -0.0213. The van der Waals surface area contributed by atoms with Crippen LogP contribution in [0.5, 0.6) is 0 Å². The zero-order valence-corrected chi connectivity index (χ0v) is 19.4. The quantitative estimate of drug-likeness (QED) is 0.518. The molecule has 0 bridgehead atoms. The number of nitrogens with one attached hydrogen (secondary N) is 1. The molecular weight excluding hydrogens is 447 g/mol. The van der Waals surface area contributed by atoms with E-state index < -0.39 is 12.2 Å². The lowest BCUT2D eigenvalue weighted by atomic mass is 10.0. The van der Waals surface area contributed by atoms with Gasteiger partial charge in [0.1, 0.15) is 12.2 Å². The molecule has 30 heavy (non-hydrogen) atoms. The van der Waals surface area contributed by atoms with Gasteiger partial charge in [0.15, 0.2) is 0 Å². The van der Waals surface area contributed by atoms with Crippen molar-refractivity contribution < 1.29 is 14.9 Å². The highest BCUT2D eigenvalue weighted by molar-refractivity contribution is 6.30. The molecule has 1 aliphatic rings. The highest BCUT2D eigenvalue weighted by atomic mass is 35.5. The largest absolute Gasteiger partial charge is 0.394 e. The molecule has 2 aromatic rings. The Hall–Kier alpha value is -0.890. The second kappa shape index (κ2) is 13.5. The van der Waals surface area contributed by atoms with Crippen molar-refractivity contribution in [1.82, 2.24) is 10.2 Å². The Morgan fingerprint density at radius 1 is 1.03 bits per heavy atom. The molecule has 0 aromatic heterocycles. The van der Waals surface area contributed by atoms with E-state index in [-0.39, 0.29) is 43.6 Å². The molecule has 0 amide bonds. The van der Waals surface area contributed by atoms with Gasteiger partial charge in [-0.25, -0.2) is 0 Å². The van der Waals surface area contributed by atoms with Crippen LogP contribution in [0.4, 0.5) is 0 Å². The molecule has 1 aliphatic heterocycles. The summed E-state index contributed by atoms with van der Waals surface area (Å²) in [7, 11) is 2.00. The van der Waals surface area contributed by atoms with Crippen LogP contribution < -0.4 is 5.32 Å². The Kier molecular flexibility index (Phi) is 12.2. The zero-order valence-electron chi connectivity index (χ0n) is 17.0. The Morgan fingerprint density at radius 3 is 2.40 bits per heavy atom. The average Bonchev–Trinajstić information content (AvgIpc) is 3.02. The van der Waals surface area contributed by atoms with Gasteiger partial charge in [0.05, 0.1) is 18.8 Å². The van der Waals surface area contributed by atoms with E-state index in [0.717, 1.165) is 18.5 Å². The third kappa shape index (κ3) is 7.36. The summed E-state index contributed by atoms with van der Waals surface area (Å²) in [5.41, 5.74) is 2.36. The maximum absolute atomic E-state index is 10.7. The number of rotatable bonds is 9. The molecule has 0 spiro atoms. The van der Waals surface area contributed by atoms with Crippen LogP contribution in [0.2, 0.25) is 5.02 Å². The van der Waals surface area contributed by atoms with Gasteiger partial charge in [-0.3, -0.25) is 4.90 Å². The number of hydrogen-bond donors (Lipinski definition) is 3. The van der Waals surface area contributed by atoms with Crippen molar-refractivity contribution >= 4 is 36.4 Å². The van der Waals surface area contributed by atoms with Crippen LogP contribution in [0.25, 0.3) is 0 Å². The number of benzene rings is 2. The molecule has 2 aromatic carbocycles. The number of halogens is 3. The Balaban J connectivity index is 0.00000225. The summed E-state index contributed by atoms with van der Waals surface area (Å²) in [6.45, 7) is 1.87. The van der Waals surface area contributed by atoms with E-state index >= 15 is 0 Å². The molecule has 3 rings (SSSR count). The fourth-order valence-corrected chi connectivity index (χ4v) is 4.01. The molecule has 1 heterocycles. The van der Waals surface area contributed by atoms with Crippen molar-refractivity contribution in [2.75, 3.05) is 26.7 Å². The van der Waals surface area contributed by atoms with Crippen LogP contribution in [0.1, 0.15) is 11.1 Å². The topological polar surface area (TPSA) is 65.0 Å². The summed E-state index contributed by atoms with van der Waals surface area (Å²) in [5, 5.41) is 24.3. The predicted molar refractivity (Wildman–Crippen MR) is 126 cm³/mol. The molecule has 0 saturated carbocycles. The van der Waals surface area contributed by atoms with Crippen molar-refractivity contribution in [3.05, 3.63) is 70.7 Å². The Labute approximate surface area is 196 Å². The first-order valence-corrected chi connectivity index (χ1v) is 10.1. The summed E-state index contributed by atoms with van der Waals surface area (Å²) in [5.74, 6) is 0. The molecule has 4 atom stereocenters. The first kappa shape index (κ1) is 27.1. The monoisotopic (exact) mass is 476 g/mol. The van der Waals surface area contributed by atoms with E-state index in [1.807, 2.05) is 49.5 Å². The minimum atomic E-state index is -0.719. The van der Waals surface area contributed by atoms with Gasteiger partial charge in [0.25, 0.3) is 0 Å². The third-order valence-electron chi connectivity index (χ3n) is 5.31. The number of ether oxygens (including phenoxy) is 1. The Bertz CT molecular complexity index is 739. The minimum absolute atomic E-state index is 0. The lowest BCUT2D eigenvalue weighted by Crippen LogP contribution is -2.49. The standard InChI is InChI=1S/C22H29ClN2O3.2ClH/c1-25(11-10-16-6-3-2-4-7-16)21-19(28-20(15-26)22(21)27)14-24-13-17-8-5-9-18(23)12-17;;/h2-9,12,19-22,24,26-27H,10-11,13-15H2,1H3;2*1H/t19-,20+,21+,22-;;/m1../s1. The van der Waals surface area contributed by atoms with Crippen LogP contribution in [0.3, 0.4) is 0 Å². The van der Waals surface area contributed by atoms with Gasteiger partial charge < -0.3 is 20.3 Å². The van der Waals surface area contributed by atoms with Gasteiger partial charge in [0, 0.05) is 24.7 Å². The average molecular weight is 478 g/mol. The zero-order chi connectivity index (χ0) is 19.9. The van der Waals surface area contributed by atoms with Crippen LogP contribution in [0.15, 0.2) is 54.6 Å². The summed E-state index contributed by atoms with van der Waals surface area (Å²) < 4.78 is 5.94. The number of hydrogen-bond acceptors (Lipinski definition) is 5. The lowest BCUT2D eigenvalue weighted by Gasteiger charge is -2.30. The summed E-state index contributed by atoms with van der Waals surface area (Å²) in [6.07, 6.45) is -0.578. The number of aliphatic hydroxyl groups excluding tert-OH is 2. The van der Waals surface area contributed by atoms with E-state index in [9.17, 15) is 10.2 Å². The molecular formula is C22H31Cl3N2O3. The van der Waals surface area contributed by atoms with Crippen molar-refractivity contribution in [3.8, 4) is 0 Å². The van der Waals surface area contributed by atoms with Gasteiger partial charge in [-0.1, -0.05) is 54.1 Å². The predicted octanol–water partition coefficient (Wildman–Crippen LogP) is 2.94. The maximum Gasteiger partial charge on any atom is 0.109 e. The number of likely N-dealkylation sites (N-methyl/N-ethyl adjacent to an activating group) is 1. The van der Waals surface area contributed by atoms with Crippen molar-refractivity contribution in [3.63, 3.8) is 0 Å². The highest BCUT2D eigenvalue weighted by Gasteiger charge is 2.44. The molecule has 3 N–H and O–H groups in total. The van der Waals surface area contributed by atoms with E-state index in [1.165, 1.54) is 5.56 Å². The smallest absolute Gasteiger partial charge is 0.109 e. The first-order valence-electron chi connectivity index (χ1n) is 9.72. The van der Waals surface area contributed by atoms with Crippen LogP contribution in [0, 0.1) is 0 Å². The normalized spacial score (nSPS) is 23.1. The van der Waals surface area contributed by atoms with Gasteiger partial charge >= 0.3 is 0 Å². The van der Waals surface area contributed by atoms with Gasteiger partial charge in [0.2, 0.25) is 0 Å². The van der Waals surface area contributed by atoms with Crippen molar-refractivity contribution in [1.29, 1.82) is 0 Å². The molecule has 0 unspecified atom stereocenters. The minimum Gasteiger partial charge on any atom is -0.394 e. The van der Waals surface area contributed by atoms with Crippen LogP contribution in [-0.2, 0) is 17.7 Å². The fourth-order valence-electron chi connectivity index (χ4n) is 3.79. The number of nitrogens with zero attached hydrogens (tertiary/aromatic N) is 1. The summed E-state index contributed by atoms with van der Waals surface area (Å²) in [6, 6.07) is 17.8. The molecule has 0 aliphatic carbocycles. The maximum atomic E-state index is 10.7. The molecule has 168 valence electrons.